The van der Waals surface area contributed by atoms with Gasteiger partial charge in [0.2, 0.25) is 5.95 Å². The molecular weight excluding hydrogens is 470 g/mol. The fraction of sp³-hybridized carbons (Fsp3) is 0.143. The Balaban J connectivity index is 1.81. The number of allylic oxidation sites excluding steroid dienone is 1. The summed E-state index contributed by atoms with van der Waals surface area (Å²) in [6.07, 6.45) is 5.52. The predicted octanol–water partition coefficient (Wildman–Crippen LogP) is 7.35. The van der Waals surface area contributed by atoms with Crippen molar-refractivity contribution in [1.29, 1.82) is 0 Å². The summed E-state index contributed by atoms with van der Waals surface area (Å²) >= 11 is 6.56. The molecule has 7 heteroatoms. The molecule has 0 saturated heterocycles. The summed E-state index contributed by atoms with van der Waals surface area (Å²) in [5, 5.41) is 16.1. The number of aromatic amines is 1. The van der Waals surface area contributed by atoms with Crippen LogP contribution >= 0.6 is 11.6 Å². The fourth-order valence-corrected chi connectivity index (χ4v) is 4.85. The first kappa shape index (κ1) is 23.0. The molecule has 4 aromatic rings. The van der Waals surface area contributed by atoms with Gasteiger partial charge in [-0.15, -0.1) is 0 Å². The maximum atomic E-state index is 14.9. The number of nitrogens with zero attached hydrogens (tertiary/aromatic N) is 1. The van der Waals surface area contributed by atoms with Gasteiger partial charge < -0.3 is 5.11 Å². The third kappa shape index (κ3) is 4.49. The van der Waals surface area contributed by atoms with E-state index in [1.165, 1.54) is 18.2 Å². The molecule has 1 heterocycles. The highest BCUT2D eigenvalue weighted by Crippen LogP contribution is 2.47. The molecule has 35 heavy (non-hydrogen) atoms. The largest absolute Gasteiger partial charge is 0.478 e. The first-order valence-corrected chi connectivity index (χ1v) is 11.6. The lowest BCUT2D eigenvalue weighted by molar-refractivity contribution is -0.131. The van der Waals surface area contributed by atoms with Crippen LogP contribution in [0, 0.1) is 17.7 Å². The van der Waals surface area contributed by atoms with Gasteiger partial charge in [-0.2, -0.15) is 9.49 Å². The van der Waals surface area contributed by atoms with Gasteiger partial charge in [0.05, 0.1) is 15.9 Å². The van der Waals surface area contributed by atoms with E-state index in [1.54, 1.807) is 12.1 Å². The molecule has 0 amide bonds. The van der Waals surface area contributed by atoms with Crippen molar-refractivity contribution in [2.24, 2.45) is 5.92 Å². The minimum atomic E-state index is -1.03. The summed E-state index contributed by atoms with van der Waals surface area (Å²) in [5.41, 5.74) is 5.12. The molecule has 5 rings (SSSR count). The third-order valence-corrected chi connectivity index (χ3v) is 6.74. The molecule has 0 aliphatic heterocycles. The molecule has 4 nitrogen and oxygen atoms in total. The van der Waals surface area contributed by atoms with E-state index in [-0.39, 0.29) is 5.92 Å². The highest BCUT2D eigenvalue weighted by molar-refractivity contribution is 6.33. The van der Waals surface area contributed by atoms with Crippen LogP contribution in [0.3, 0.4) is 0 Å². The van der Waals surface area contributed by atoms with Gasteiger partial charge in [-0.05, 0) is 76.4 Å². The number of halogens is 3. The van der Waals surface area contributed by atoms with Crippen LogP contribution in [0.5, 0.6) is 0 Å². The minimum Gasteiger partial charge on any atom is -0.478 e. The maximum absolute atomic E-state index is 14.9. The number of hydrogen-bond acceptors (Lipinski definition) is 2. The molecule has 1 aliphatic rings. The quantitative estimate of drug-likeness (QED) is 0.219. The summed E-state index contributed by atoms with van der Waals surface area (Å²) in [6, 6.07) is 17.2. The molecule has 0 spiro atoms. The van der Waals surface area contributed by atoms with Gasteiger partial charge in [0.1, 0.15) is 5.82 Å². The topological polar surface area (TPSA) is 66.0 Å². The summed E-state index contributed by atoms with van der Waals surface area (Å²) in [4.78, 5) is 10.9. The molecule has 1 fully saturated rings. The average molecular weight is 491 g/mol. The zero-order chi connectivity index (χ0) is 24.5. The standard InChI is InChI=1S/C28H21ClF2N2O2/c29-22-15-19(30)12-13-20(22)25(17-3-1-4-17)26(18-10-7-16(8-11-18)9-14-24(34)35)21-5-2-6-23-27(21)28(31)33-32-23/h2,5-15,17H,1,3-4H2,(H,32,33)(H,34,35). The molecule has 1 aliphatic carbocycles. The van der Waals surface area contributed by atoms with Crippen molar-refractivity contribution in [3.8, 4) is 0 Å². The number of carboxylic acid groups (broad SMARTS) is 1. The zero-order valence-corrected chi connectivity index (χ0v) is 19.3. The van der Waals surface area contributed by atoms with E-state index in [1.807, 2.05) is 36.4 Å². The lowest BCUT2D eigenvalue weighted by Crippen LogP contribution is -2.15. The lowest BCUT2D eigenvalue weighted by atomic mass is 9.72. The number of nitrogens with one attached hydrogen (secondary N) is 1. The van der Waals surface area contributed by atoms with Crippen LogP contribution in [0.2, 0.25) is 5.02 Å². The van der Waals surface area contributed by atoms with E-state index >= 15 is 0 Å². The van der Waals surface area contributed by atoms with Crippen molar-refractivity contribution in [1.82, 2.24) is 10.2 Å². The second-order valence-corrected chi connectivity index (χ2v) is 8.98. The molecule has 0 radical (unpaired) electrons. The highest BCUT2D eigenvalue weighted by atomic mass is 35.5. The predicted molar refractivity (Wildman–Crippen MR) is 134 cm³/mol. The Hall–Kier alpha value is -3.77. The Labute approximate surface area is 205 Å². The van der Waals surface area contributed by atoms with Gasteiger partial charge in [-0.3, -0.25) is 5.10 Å². The van der Waals surface area contributed by atoms with E-state index in [9.17, 15) is 13.6 Å². The van der Waals surface area contributed by atoms with Gasteiger partial charge in [-0.1, -0.05) is 60.5 Å². The van der Waals surface area contributed by atoms with Crippen molar-refractivity contribution in [3.63, 3.8) is 0 Å². The number of fused-ring (bicyclic) bond motifs is 1. The van der Waals surface area contributed by atoms with E-state index in [0.29, 0.717) is 32.6 Å². The molecule has 0 atom stereocenters. The van der Waals surface area contributed by atoms with Crippen LogP contribution in [0.4, 0.5) is 8.78 Å². The van der Waals surface area contributed by atoms with Crippen LogP contribution in [0.25, 0.3) is 28.1 Å². The minimum absolute atomic E-state index is 0.171. The first-order valence-electron chi connectivity index (χ1n) is 11.3. The van der Waals surface area contributed by atoms with Crippen LogP contribution < -0.4 is 0 Å². The van der Waals surface area contributed by atoms with Crippen LogP contribution in [-0.4, -0.2) is 21.3 Å². The molecule has 176 valence electrons. The number of H-pyrrole nitrogens is 1. The Morgan fingerprint density at radius 2 is 1.83 bits per heavy atom. The molecule has 0 bridgehead atoms. The number of carboxylic acids is 1. The average Bonchev–Trinajstić information content (AvgIpc) is 3.18. The summed E-state index contributed by atoms with van der Waals surface area (Å²) in [6.45, 7) is 0. The number of hydrogen-bond donors (Lipinski definition) is 2. The smallest absolute Gasteiger partial charge is 0.328 e. The second kappa shape index (κ2) is 9.47. The molecule has 1 aromatic heterocycles. The molecular formula is C28H21ClF2N2O2. The van der Waals surface area contributed by atoms with Crippen LogP contribution in [0.1, 0.15) is 41.5 Å². The monoisotopic (exact) mass is 490 g/mol. The lowest BCUT2D eigenvalue weighted by Gasteiger charge is -2.32. The summed E-state index contributed by atoms with van der Waals surface area (Å²) in [5.74, 6) is -1.82. The van der Waals surface area contributed by atoms with E-state index in [0.717, 1.165) is 42.0 Å². The maximum Gasteiger partial charge on any atom is 0.328 e. The molecule has 2 N–H and O–H groups in total. The Morgan fingerprint density at radius 3 is 2.49 bits per heavy atom. The van der Waals surface area contributed by atoms with E-state index in [2.05, 4.69) is 10.2 Å². The highest BCUT2D eigenvalue weighted by Gasteiger charge is 2.29. The normalized spacial score (nSPS) is 14.8. The van der Waals surface area contributed by atoms with Gasteiger partial charge in [-0.25, -0.2) is 9.18 Å². The van der Waals surface area contributed by atoms with Gasteiger partial charge in [0.15, 0.2) is 0 Å². The summed E-state index contributed by atoms with van der Waals surface area (Å²) in [7, 11) is 0. The number of aromatic nitrogens is 2. The zero-order valence-electron chi connectivity index (χ0n) is 18.6. The van der Waals surface area contributed by atoms with Crippen LogP contribution in [-0.2, 0) is 4.79 Å². The molecule has 0 unspecified atom stereocenters. The third-order valence-electron chi connectivity index (χ3n) is 6.43. The Kier molecular flexibility index (Phi) is 6.22. The number of aliphatic carboxylic acids is 1. The second-order valence-electron chi connectivity index (χ2n) is 8.57. The van der Waals surface area contributed by atoms with Gasteiger partial charge in [0.25, 0.3) is 0 Å². The van der Waals surface area contributed by atoms with E-state index < -0.39 is 17.7 Å². The molecule has 3 aromatic carbocycles. The van der Waals surface area contributed by atoms with Crippen LogP contribution in [0.15, 0.2) is 66.7 Å². The first-order chi connectivity index (χ1) is 16.9. The number of benzene rings is 3. The van der Waals surface area contributed by atoms with Gasteiger partial charge in [0, 0.05) is 6.08 Å². The van der Waals surface area contributed by atoms with Crippen molar-refractivity contribution in [2.45, 2.75) is 19.3 Å². The van der Waals surface area contributed by atoms with E-state index in [4.69, 9.17) is 16.7 Å². The SMILES string of the molecule is O=C(O)C=Cc1ccc(C(=C(c2ccc(F)cc2Cl)C2CCC2)c2cccc3n[nH]c(F)c23)cc1. The Bertz CT molecular complexity index is 1480. The number of carbonyl (C=O) groups is 1. The van der Waals surface area contributed by atoms with Crippen molar-refractivity contribution in [2.75, 3.05) is 0 Å². The molecule has 1 saturated carbocycles. The van der Waals surface area contributed by atoms with Gasteiger partial charge >= 0.3 is 5.97 Å². The fourth-order valence-electron chi connectivity index (χ4n) is 4.59. The van der Waals surface area contributed by atoms with Crippen molar-refractivity contribution in [3.05, 3.63) is 106 Å². The number of rotatable bonds is 6. The summed E-state index contributed by atoms with van der Waals surface area (Å²) < 4.78 is 28.9. The van der Waals surface area contributed by atoms with Crippen molar-refractivity contribution >= 4 is 45.7 Å². The van der Waals surface area contributed by atoms with Crippen molar-refractivity contribution < 1.29 is 18.7 Å². The Morgan fingerprint density at radius 1 is 1.06 bits per heavy atom.